The number of carboxylic acids is 1. The van der Waals surface area contributed by atoms with Gasteiger partial charge in [0.25, 0.3) is 0 Å². The first kappa shape index (κ1) is 12.1. The van der Waals surface area contributed by atoms with E-state index in [9.17, 15) is 9.18 Å². The summed E-state index contributed by atoms with van der Waals surface area (Å²) in [5.41, 5.74) is 0.670. The van der Waals surface area contributed by atoms with Crippen molar-refractivity contribution < 1.29 is 19.0 Å². The van der Waals surface area contributed by atoms with Crippen molar-refractivity contribution in [1.29, 1.82) is 0 Å². The molecule has 0 unspecified atom stereocenters. The van der Waals surface area contributed by atoms with Gasteiger partial charge in [-0.3, -0.25) is 4.79 Å². The van der Waals surface area contributed by atoms with E-state index in [0.717, 1.165) is 0 Å². The number of hydrogen-bond donors (Lipinski definition) is 1. The van der Waals surface area contributed by atoms with Crippen molar-refractivity contribution >= 4 is 5.97 Å². The zero-order valence-electron chi connectivity index (χ0n) is 9.47. The zero-order chi connectivity index (χ0) is 13.0. The van der Waals surface area contributed by atoms with Gasteiger partial charge in [-0.1, -0.05) is 24.3 Å². The Morgan fingerprint density at radius 3 is 2.39 bits per heavy atom. The fourth-order valence-electron chi connectivity index (χ4n) is 1.50. The van der Waals surface area contributed by atoms with Crippen LogP contribution in [0.25, 0.3) is 0 Å². The molecule has 0 fully saturated rings. The maximum absolute atomic E-state index is 13.3. The Bertz CT molecular complexity index is 549. The normalized spacial score (nSPS) is 10.1. The number of aliphatic carboxylic acids is 1. The number of carboxylic acid groups (broad SMARTS) is 1. The van der Waals surface area contributed by atoms with E-state index in [1.54, 1.807) is 36.4 Å². The van der Waals surface area contributed by atoms with Crippen molar-refractivity contribution in [2.45, 2.75) is 6.42 Å². The molecule has 1 N–H and O–H groups in total. The SMILES string of the molecule is O=C(O)Cc1ccc(Oc2ccccc2F)cc1. The molecule has 92 valence electrons. The summed E-state index contributed by atoms with van der Waals surface area (Å²) in [5, 5.41) is 8.63. The number of rotatable bonds is 4. The van der Waals surface area contributed by atoms with Crippen molar-refractivity contribution in [3.8, 4) is 11.5 Å². The molecule has 2 aromatic carbocycles. The first-order valence-corrected chi connectivity index (χ1v) is 5.38. The van der Waals surface area contributed by atoms with E-state index in [1.807, 2.05) is 0 Å². The summed E-state index contributed by atoms with van der Waals surface area (Å²) in [4.78, 5) is 10.5. The maximum Gasteiger partial charge on any atom is 0.307 e. The third-order valence-corrected chi connectivity index (χ3v) is 2.34. The lowest BCUT2D eigenvalue weighted by atomic mass is 10.1. The van der Waals surface area contributed by atoms with Gasteiger partial charge >= 0.3 is 5.97 Å². The van der Waals surface area contributed by atoms with Gasteiger partial charge < -0.3 is 9.84 Å². The number of para-hydroxylation sites is 1. The molecule has 0 aliphatic carbocycles. The van der Waals surface area contributed by atoms with E-state index in [2.05, 4.69) is 0 Å². The molecular weight excluding hydrogens is 235 g/mol. The molecule has 0 bridgehead atoms. The lowest BCUT2D eigenvalue weighted by molar-refractivity contribution is -0.136. The van der Waals surface area contributed by atoms with E-state index in [0.29, 0.717) is 11.3 Å². The standard InChI is InChI=1S/C14H11FO3/c15-12-3-1-2-4-13(12)18-11-7-5-10(6-8-11)9-14(16)17/h1-8H,9H2,(H,16,17). The molecule has 0 atom stereocenters. The van der Waals surface area contributed by atoms with E-state index in [4.69, 9.17) is 9.84 Å². The maximum atomic E-state index is 13.3. The van der Waals surface area contributed by atoms with E-state index in [1.165, 1.54) is 12.1 Å². The van der Waals surface area contributed by atoms with Crippen LogP contribution >= 0.6 is 0 Å². The monoisotopic (exact) mass is 246 g/mol. The van der Waals surface area contributed by atoms with Crippen LogP contribution in [0.4, 0.5) is 4.39 Å². The van der Waals surface area contributed by atoms with Crippen molar-refractivity contribution in [3.63, 3.8) is 0 Å². The minimum atomic E-state index is -0.891. The number of hydrogen-bond acceptors (Lipinski definition) is 2. The second-order valence-electron chi connectivity index (χ2n) is 3.75. The average Bonchev–Trinajstić information content (AvgIpc) is 2.34. The Labute approximate surface area is 103 Å². The minimum absolute atomic E-state index is 0.0417. The molecule has 0 aromatic heterocycles. The number of benzene rings is 2. The Hall–Kier alpha value is -2.36. The summed E-state index contributed by atoms with van der Waals surface area (Å²) in [6.45, 7) is 0. The van der Waals surface area contributed by atoms with Gasteiger partial charge in [-0.25, -0.2) is 4.39 Å². The highest BCUT2D eigenvalue weighted by Gasteiger charge is 2.04. The largest absolute Gasteiger partial charge is 0.481 e. The summed E-state index contributed by atoms with van der Waals surface area (Å²) in [7, 11) is 0. The zero-order valence-corrected chi connectivity index (χ0v) is 9.47. The van der Waals surface area contributed by atoms with Gasteiger partial charge in [-0.15, -0.1) is 0 Å². The van der Waals surface area contributed by atoms with Gasteiger partial charge in [-0.05, 0) is 29.8 Å². The van der Waals surface area contributed by atoms with Crippen LogP contribution in [-0.4, -0.2) is 11.1 Å². The molecule has 0 aliphatic heterocycles. The van der Waals surface area contributed by atoms with Gasteiger partial charge in [0.2, 0.25) is 0 Å². The van der Waals surface area contributed by atoms with Crippen LogP contribution in [0, 0.1) is 5.82 Å². The predicted octanol–water partition coefficient (Wildman–Crippen LogP) is 3.25. The second kappa shape index (κ2) is 5.31. The van der Waals surface area contributed by atoms with Crippen molar-refractivity contribution in [1.82, 2.24) is 0 Å². The Kier molecular flexibility index (Phi) is 3.57. The predicted molar refractivity (Wildman–Crippen MR) is 64.3 cm³/mol. The molecule has 18 heavy (non-hydrogen) atoms. The third-order valence-electron chi connectivity index (χ3n) is 2.34. The first-order chi connectivity index (χ1) is 8.65. The molecule has 0 saturated heterocycles. The highest BCUT2D eigenvalue weighted by atomic mass is 19.1. The van der Waals surface area contributed by atoms with Crippen LogP contribution in [0.5, 0.6) is 11.5 Å². The Morgan fingerprint density at radius 2 is 1.78 bits per heavy atom. The smallest absolute Gasteiger partial charge is 0.307 e. The molecular formula is C14H11FO3. The summed E-state index contributed by atoms with van der Waals surface area (Å²) in [5.74, 6) is -0.720. The Morgan fingerprint density at radius 1 is 1.11 bits per heavy atom. The Balaban J connectivity index is 2.11. The summed E-state index contributed by atoms with van der Waals surface area (Å²) < 4.78 is 18.7. The van der Waals surface area contributed by atoms with Crippen LogP contribution in [0.2, 0.25) is 0 Å². The molecule has 0 radical (unpaired) electrons. The molecule has 4 heteroatoms. The molecule has 2 rings (SSSR count). The van der Waals surface area contributed by atoms with Gasteiger partial charge in [0.05, 0.1) is 6.42 Å². The van der Waals surface area contributed by atoms with Crippen LogP contribution in [0.3, 0.4) is 0 Å². The number of carbonyl (C=O) groups is 1. The molecule has 0 aliphatic rings. The second-order valence-corrected chi connectivity index (χ2v) is 3.75. The lowest BCUT2D eigenvalue weighted by Crippen LogP contribution is -1.99. The van der Waals surface area contributed by atoms with Crippen molar-refractivity contribution in [2.24, 2.45) is 0 Å². The van der Waals surface area contributed by atoms with Crippen LogP contribution < -0.4 is 4.74 Å². The fourth-order valence-corrected chi connectivity index (χ4v) is 1.50. The minimum Gasteiger partial charge on any atom is -0.481 e. The summed E-state index contributed by atoms with van der Waals surface area (Å²) in [6, 6.07) is 12.6. The number of halogens is 1. The van der Waals surface area contributed by atoms with Gasteiger partial charge in [0.15, 0.2) is 11.6 Å². The summed E-state index contributed by atoms with van der Waals surface area (Å²) >= 11 is 0. The van der Waals surface area contributed by atoms with E-state index < -0.39 is 11.8 Å². The highest BCUT2D eigenvalue weighted by Crippen LogP contribution is 2.24. The van der Waals surface area contributed by atoms with Crippen LogP contribution in [0.1, 0.15) is 5.56 Å². The molecule has 0 saturated carbocycles. The quantitative estimate of drug-likeness (QED) is 0.900. The van der Waals surface area contributed by atoms with Gasteiger partial charge in [-0.2, -0.15) is 0 Å². The lowest BCUT2D eigenvalue weighted by Gasteiger charge is -2.06. The average molecular weight is 246 g/mol. The first-order valence-electron chi connectivity index (χ1n) is 5.38. The highest BCUT2D eigenvalue weighted by molar-refractivity contribution is 5.70. The fraction of sp³-hybridized carbons (Fsp3) is 0.0714. The van der Waals surface area contributed by atoms with E-state index in [-0.39, 0.29) is 12.2 Å². The number of ether oxygens (including phenoxy) is 1. The van der Waals surface area contributed by atoms with Crippen molar-refractivity contribution in [2.75, 3.05) is 0 Å². The van der Waals surface area contributed by atoms with Crippen LogP contribution in [0.15, 0.2) is 48.5 Å². The van der Waals surface area contributed by atoms with Crippen molar-refractivity contribution in [3.05, 3.63) is 59.9 Å². The molecule has 0 heterocycles. The molecule has 0 amide bonds. The molecule has 0 spiro atoms. The third kappa shape index (κ3) is 3.07. The van der Waals surface area contributed by atoms with Gasteiger partial charge in [0, 0.05) is 0 Å². The van der Waals surface area contributed by atoms with E-state index >= 15 is 0 Å². The summed E-state index contributed by atoms with van der Waals surface area (Å²) in [6.07, 6.45) is -0.0417. The molecule has 2 aromatic rings. The molecule has 3 nitrogen and oxygen atoms in total. The van der Waals surface area contributed by atoms with Gasteiger partial charge in [0.1, 0.15) is 5.75 Å². The van der Waals surface area contributed by atoms with Crippen LogP contribution in [-0.2, 0) is 11.2 Å². The topological polar surface area (TPSA) is 46.5 Å².